The van der Waals surface area contributed by atoms with Crippen molar-refractivity contribution < 1.29 is 18.7 Å². The number of amides is 1. The van der Waals surface area contributed by atoms with Gasteiger partial charge in [-0.2, -0.15) is 5.10 Å². The molecule has 0 atom stereocenters. The Balaban J connectivity index is 1.30. The molecule has 0 fully saturated rings. The van der Waals surface area contributed by atoms with Gasteiger partial charge in [-0.25, -0.2) is 4.39 Å². The van der Waals surface area contributed by atoms with E-state index in [1.807, 2.05) is 36.4 Å². The van der Waals surface area contributed by atoms with E-state index < -0.39 is 0 Å². The second-order valence-corrected chi connectivity index (χ2v) is 8.26. The van der Waals surface area contributed by atoms with E-state index in [4.69, 9.17) is 9.47 Å². The van der Waals surface area contributed by atoms with Crippen molar-refractivity contribution in [2.75, 3.05) is 20.7 Å². The molecule has 35 heavy (non-hydrogen) atoms. The number of hydrogen-bond donors (Lipinski definition) is 1. The molecule has 1 aromatic heterocycles. The van der Waals surface area contributed by atoms with Gasteiger partial charge in [0.2, 0.25) is 0 Å². The minimum atomic E-state index is -0.274. The molecule has 0 spiro atoms. The summed E-state index contributed by atoms with van der Waals surface area (Å²) in [5.41, 5.74) is 4.18. The molecule has 0 saturated heterocycles. The van der Waals surface area contributed by atoms with E-state index >= 15 is 0 Å². The van der Waals surface area contributed by atoms with Crippen LogP contribution in [0.5, 0.6) is 11.5 Å². The molecule has 6 nitrogen and oxygen atoms in total. The molecule has 7 heteroatoms. The van der Waals surface area contributed by atoms with Crippen LogP contribution in [0.25, 0.3) is 11.3 Å². The average molecular weight is 474 g/mol. The number of carbonyl (C=O) groups excluding carboxylic acids is 1. The maximum absolute atomic E-state index is 13.1. The minimum Gasteiger partial charge on any atom is -0.493 e. The molecule has 0 aliphatic heterocycles. The van der Waals surface area contributed by atoms with Crippen molar-refractivity contribution in [3.05, 3.63) is 102 Å². The summed E-state index contributed by atoms with van der Waals surface area (Å²) in [4.78, 5) is 14.6. The molecule has 3 aromatic carbocycles. The molecule has 0 bridgehead atoms. The number of benzene rings is 3. The molecule has 4 aromatic rings. The van der Waals surface area contributed by atoms with Gasteiger partial charge in [0.15, 0.2) is 11.5 Å². The SMILES string of the molecule is COc1cc(C(=O)N(C)CCCc2cc(-c3ccc(F)cc3)n[nH]2)ccc1OCc1ccccc1. The van der Waals surface area contributed by atoms with Crippen molar-refractivity contribution in [1.29, 1.82) is 0 Å². The highest BCUT2D eigenvalue weighted by Crippen LogP contribution is 2.29. The summed E-state index contributed by atoms with van der Waals surface area (Å²) in [6.45, 7) is 0.999. The molecule has 0 aliphatic carbocycles. The molecule has 180 valence electrons. The molecular formula is C28H28FN3O3. The summed E-state index contributed by atoms with van der Waals surface area (Å²) < 4.78 is 24.5. The molecule has 1 heterocycles. The lowest BCUT2D eigenvalue weighted by Crippen LogP contribution is -2.28. The second kappa shape index (κ2) is 11.3. The molecule has 0 radical (unpaired) electrons. The van der Waals surface area contributed by atoms with E-state index in [9.17, 15) is 9.18 Å². The van der Waals surface area contributed by atoms with Crippen LogP contribution < -0.4 is 9.47 Å². The fraction of sp³-hybridized carbons (Fsp3) is 0.214. The van der Waals surface area contributed by atoms with E-state index in [1.54, 1.807) is 49.4 Å². The van der Waals surface area contributed by atoms with Crippen molar-refractivity contribution >= 4 is 5.91 Å². The number of H-pyrrole nitrogens is 1. The first-order chi connectivity index (χ1) is 17.0. The number of aromatic amines is 1. The van der Waals surface area contributed by atoms with Crippen LogP contribution in [-0.2, 0) is 13.0 Å². The van der Waals surface area contributed by atoms with Gasteiger partial charge in [0.1, 0.15) is 12.4 Å². The number of nitrogens with one attached hydrogen (secondary N) is 1. The first-order valence-electron chi connectivity index (χ1n) is 11.4. The maximum Gasteiger partial charge on any atom is 0.253 e. The molecule has 0 aliphatic rings. The van der Waals surface area contributed by atoms with Crippen LogP contribution in [-0.4, -0.2) is 41.7 Å². The summed E-state index contributed by atoms with van der Waals surface area (Å²) >= 11 is 0. The normalized spacial score (nSPS) is 10.7. The van der Waals surface area contributed by atoms with Gasteiger partial charge in [-0.1, -0.05) is 30.3 Å². The zero-order valence-electron chi connectivity index (χ0n) is 19.8. The Morgan fingerprint density at radius 3 is 2.51 bits per heavy atom. The predicted octanol–water partition coefficient (Wildman–Crippen LogP) is 5.51. The average Bonchev–Trinajstić information content (AvgIpc) is 3.36. The van der Waals surface area contributed by atoms with Crippen molar-refractivity contribution in [3.63, 3.8) is 0 Å². The van der Waals surface area contributed by atoms with Crippen LogP contribution in [0.1, 0.15) is 28.0 Å². The summed E-state index contributed by atoms with van der Waals surface area (Å²) in [6.07, 6.45) is 1.50. The van der Waals surface area contributed by atoms with Crippen molar-refractivity contribution in [2.24, 2.45) is 0 Å². The van der Waals surface area contributed by atoms with Gasteiger partial charge in [-0.05, 0) is 66.9 Å². The second-order valence-electron chi connectivity index (χ2n) is 8.26. The van der Waals surface area contributed by atoms with Gasteiger partial charge in [-0.15, -0.1) is 0 Å². The Hall–Kier alpha value is -4.13. The number of halogens is 1. The fourth-order valence-electron chi connectivity index (χ4n) is 3.74. The molecule has 1 amide bonds. The summed E-state index contributed by atoms with van der Waals surface area (Å²) in [6, 6.07) is 23.3. The number of hydrogen-bond acceptors (Lipinski definition) is 4. The minimum absolute atomic E-state index is 0.0884. The third kappa shape index (κ3) is 6.26. The van der Waals surface area contributed by atoms with Crippen LogP contribution in [0.4, 0.5) is 4.39 Å². The van der Waals surface area contributed by atoms with Crippen molar-refractivity contribution in [2.45, 2.75) is 19.4 Å². The lowest BCUT2D eigenvalue weighted by atomic mass is 10.1. The highest BCUT2D eigenvalue weighted by molar-refractivity contribution is 5.94. The number of aryl methyl sites for hydroxylation is 1. The third-order valence-electron chi connectivity index (χ3n) is 5.70. The van der Waals surface area contributed by atoms with Gasteiger partial charge >= 0.3 is 0 Å². The number of ether oxygens (including phenoxy) is 2. The van der Waals surface area contributed by atoms with Crippen LogP contribution >= 0.6 is 0 Å². The van der Waals surface area contributed by atoms with E-state index in [-0.39, 0.29) is 11.7 Å². The first-order valence-corrected chi connectivity index (χ1v) is 11.4. The van der Waals surface area contributed by atoms with Gasteiger partial charge in [0, 0.05) is 30.4 Å². The highest BCUT2D eigenvalue weighted by Gasteiger charge is 2.15. The van der Waals surface area contributed by atoms with Crippen LogP contribution in [0.15, 0.2) is 78.9 Å². The van der Waals surface area contributed by atoms with E-state index in [0.717, 1.165) is 35.4 Å². The van der Waals surface area contributed by atoms with E-state index in [0.29, 0.717) is 30.2 Å². The van der Waals surface area contributed by atoms with Crippen LogP contribution in [0.2, 0.25) is 0 Å². The summed E-state index contributed by atoms with van der Waals surface area (Å²) in [5.74, 6) is 0.747. The number of methoxy groups -OCH3 is 1. The molecule has 1 N–H and O–H groups in total. The zero-order valence-corrected chi connectivity index (χ0v) is 19.8. The third-order valence-corrected chi connectivity index (χ3v) is 5.70. The summed E-state index contributed by atoms with van der Waals surface area (Å²) in [7, 11) is 3.35. The standard InChI is InChI=1S/C28H28FN3O3/c1-32(16-6-9-24-18-25(31-30-24)21-10-13-23(29)14-11-21)28(33)22-12-15-26(27(17-22)34-2)35-19-20-7-4-3-5-8-20/h3-5,7-8,10-15,17-18H,6,9,16,19H2,1-2H3,(H,30,31). The fourth-order valence-corrected chi connectivity index (χ4v) is 3.74. The molecule has 0 saturated carbocycles. The quantitative estimate of drug-likeness (QED) is 0.330. The lowest BCUT2D eigenvalue weighted by molar-refractivity contribution is 0.0793. The molecule has 4 rings (SSSR count). The van der Waals surface area contributed by atoms with Crippen molar-refractivity contribution in [3.8, 4) is 22.8 Å². The van der Waals surface area contributed by atoms with Gasteiger partial charge in [-0.3, -0.25) is 9.89 Å². The van der Waals surface area contributed by atoms with E-state index in [2.05, 4.69) is 10.2 Å². The number of nitrogens with zero attached hydrogens (tertiary/aromatic N) is 2. The topological polar surface area (TPSA) is 67.5 Å². The summed E-state index contributed by atoms with van der Waals surface area (Å²) in [5, 5.41) is 7.33. The monoisotopic (exact) mass is 473 g/mol. The number of carbonyl (C=O) groups is 1. The number of rotatable bonds is 10. The Kier molecular flexibility index (Phi) is 7.77. The smallest absolute Gasteiger partial charge is 0.253 e. The van der Waals surface area contributed by atoms with Gasteiger partial charge in [0.25, 0.3) is 5.91 Å². The Bertz CT molecular complexity index is 1260. The van der Waals surface area contributed by atoms with Gasteiger partial charge < -0.3 is 14.4 Å². The predicted molar refractivity (Wildman–Crippen MR) is 133 cm³/mol. The van der Waals surface area contributed by atoms with Crippen LogP contribution in [0, 0.1) is 5.82 Å². The maximum atomic E-state index is 13.1. The van der Waals surface area contributed by atoms with Crippen molar-refractivity contribution in [1.82, 2.24) is 15.1 Å². The van der Waals surface area contributed by atoms with Crippen LogP contribution in [0.3, 0.4) is 0 Å². The number of aromatic nitrogens is 2. The Labute approximate surface area is 204 Å². The Morgan fingerprint density at radius 2 is 1.77 bits per heavy atom. The van der Waals surface area contributed by atoms with E-state index in [1.165, 1.54) is 12.1 Å². The Morgan fingerprint density at radius 1 is 1.00 bits per heavy atom. The lowest BCUT2D eigenvalue weighted by Gasteiger charge is -2.18. The van der Waals surface area contributed by atoms with Gasteiger partial charge in [0.05, 0.1) is 12.8 Å². The highest BCUT2D eigenvalue weighted by atomic mass is 19.1. The first kappa shape index (κ1) is 24.0. The molecular weight excluding hydrogens is 445 g/mol. The zero-order chi connectivity index (χ0) is 24.6. The molecule has 0 unspecified atom stereocenters. The largest absolute Gasteiger partial charge is 0.493 e.